The van der Waals surface area contributed by atoms with E-state index in [1.165, 1.54) is 11.3 Å². The Bertz CT molecular complexity index is 802. The van der Waals surface area contributed by atoms with Crippen LogP contribution in [-0.2, 0) is 22.6 Å². The molecule has 0 unspecified atom stereocenters. The van der Waals surface area contributed by atoms with Gasteiger partial charge >= 0.3 is 0 Å². The van der Waals surface area contributed by atoms with Crippen LogP contribution in [0.1, 0.15) is 31.9 Å². The van der Waals surface area contributed by atoms with Crippen molar-refractivity contribution in [1.29, 1.82) is 0 Å². The van der Waals surface area contributed by atoms with Crippen molar-refractivity contribution in [3.8, 4) is 0 Å². The zero-order chi connectivity index (χ0) is 22.0. The normalized spacial score (nSPS) is 13.8. The molecule has 1 aliphatic heterocycles. The van der Waals surface area contributed by atoms with Crippen LogP contribution in [0.3, 0.4) is 0 Å². The zero-order valence-electron chi connectivity index (χ0n) is 18.1. The minimum atomic E-state index is -0.318. The van der Waals surface area contributed by atoms with Gasteiger partial charge in [0.15, 0.2) is 0 Å². The third kappa shape index (κ3) is 7.86. The van der Waals surface area contributed by atoms with Gasteiger partial charge < -0.3 is 26.0 Å². The molecule has 2 aromatic rings. The van der Waals surface area contributed by atoms with Crippen molar-refractivity contribution in [3.05, 3.63) is 58.6 Å². The Labute approximate surface area is 184 Å². The lowest BCUT2D eigenvalue weighted by molar-refractivity contribution is -0.138. The fraction of sp³-hybridized carbons (Fsp3) is 0.435. The maximum absolute atomic E-state index is 9.60. The summed E-state index contributed by atoms with van der Waals surface area (Å²) >= 11 is 6.05. The van der Waals surface area contributed by atoms with Crippen LogP contribution in [0, 0.1) is 0 Å². The average Bonchev–Trinajstić information content (AvgIpc) is 2.72. The molecule has 7 heteroatoms. The van der Waals surface area contributed by atoms with Crippen molar-refractivity contribution < 1.29 is 9.53 Å². The van der Waals surface area contributed by atoms with E-state index in [4.69, 9.17) is 17.3 Å². The number of anilines is 2. The van der Waals surface area contributed by atoms with Crippen LogP contribution in [0.4, 0.5) is 11.4 Å². The maximum Gasteiger partial charge on any atom is 0.293 e. The summed E-state index contributed by atoms with van der Waals surface area (Å²) in [5, 5.41) is 7.66. The van der Waals surface area contributed by atoms with Crippen molar-refractivity contribution >= 4 is 29.4 Å². The van der Waals surface area contributed by atoms with E-state index in [0.29, 0.717) is 13.0 Å². The zero-order valence-corrected chi connectivity index (χ0v) is 18.8. The summed E-state index contributed by atoms with van der Waals surface area (Å²) < 4.78 is 4.55. The van der Waals surface area contributed by atoms with Crippen molar-refractivity contribution in [2.75, 3.05) is 36.4 Å². The number of ether oxygens (including phenoxy) is 1. The molecule has 164 valence electrons. The number of carbonyl (C=O) groups is 1. The molecule has 1 aliphatic rings. The molecular formula is C23H33ClN4O2. The van der Waals surface area contributed by atoms with Gasteiger partial charge in [0.2, 0.25) is 0 Å². The molecule has 6 nitrogen and oxygen atoms in total. The molecule has 0 amide bonds. The summed E-state index contributed by atoms with van der Waals surface area (Å²) in [5.41, 5.74) is 10.4. The molecule has 1 saturated heterocycles. The predicted molar refractivity (Wildman–Crippen MR) is 125 cm³/mol. The second kappa shape index (κ2) is 11.8. The molecule has 1 fully saturated rings. The smallest absolute Gasteiger partial charge is 0.293 e. The van der Waals surface area contributed by atoms with Gasteiger partial charge in [0.05, 0.1) is 0 Å². The highest BCUT2D eigenvalue weighted by Crippen LogP contribution is 2.28. The van der Waals surface area contributed by atoms with Crippen LogP contribution in [0.2, 0.25) is 5.02 Å². The first kappa shape index (κ1) is 24.0. The third-order valence-corrected chi connectivity index (χ3v) is 4.82. The lowest BCUT2D eigenvalue weighted by atomic mass is 10.1. The number of carbonyl (C=O) groups excluding carboxylic acids is 1. The van der Waals surface area contributed by atoms with E-state index in [1.807, 2.05) is 39.0 Å². The monoisotopic (exact) mass is 432 g/mol. The summed E-state index contributed by atoms with van der Waals surface area (Å²) in [6.45, 7) is 11.3. The van der Waals surface area contributed by atoms with Gasteiger partial charge in [-0.25, -0.2) is 0 Å². The van der Waals surface area contributed by atoms with Gasteiger partial charge in [-0.05, 0) is 50.6 Å². The molecule has 0 radical (unpaired) electrons. The van der Waals surface area contributed by atoms with E-state index in [0.717, 1.165) is 49.0 Å². The number of nitrogens with one attached hydrogen (secondary N) is 2. The Hall–Kier alpha value is -2.28. The molecule has 0 bridgehead atoms. The van der Waals surface area contributed by atoms with Gasteiger partial charge in [0, 0.05) is 61.2 Å². The van der Waals surface area contributed by atoms with Gasteiger partial charge in [-0.3, -0.25) is 4.79 Å². The van der Waals surface area contributed by atoms with E-state index in [9.17, 15) is 4.79 Å². The number of halogens is 1. The standard InChI is InChI=1S/C18H23ClN4.C5H10O2/c19-15-4-1-3-14(11-15)13-22-17-5-2-6-18(16(17)12-20)23-9-7-21-8-10-23;1-5(2,3)7-4-6/h1-6,11,21-22H,7-10,12-13,20H2;4H,1-3H3. The van der Waals surface area contributed by atoms with Crippen molar-refractivity contribution in [2.24, 2.45) is 5.73 Å². The summed E-state index contributed by atoms with van der Waals surface area (Å²) in [7, 11) is 0. The summed E-state index contributed by atoms with van der Waals surface area (Å²) in [4.78, 5) is 12.0. The Balaban J connectivity index is 0.000000396. The van der Waals surface area contributed by atoms with Crippen LogP contribution >= 0.6 is 11.6 Å². The van der Waals surface area contributed by atoms with Gasteiger partial charge in [0.1, 0.15) is 5.60 Å². The van der Waals surface area contributed by atoms with Crippen LogP contribution < -0.4 is 21.3 Å². The Morgan fingerprint density at radius 1 is 1.20 bits per heavy atom. The maximum atomic E-state index is 9.60. The van der Waals surface area contributed by atoms with E-state index in [1.54, 1.807) is 0 Å². The number of piperazine rings is 1. The molecule has 0 saturated carbocycles. The first-order chi connectivity index (χ1) is 14.3. The SMILES string of the molecule is CC(C)(C)OC=O.NCc1c(NCc2cccc(Cl)c2)cccc1N1CCNCC1. The summed E-state index contributed by atoms with van der Waals surface area (Å²) in [6.07, 6.45) is 0. The van der Waals surface area contributed by atoms with Crippen LogP contribution in [0.5, 0.6) is 0 Å². The molecule has 2 aromatic carbocycles. The molecular weight excluding hydrogens is 400 g/mol. The minimum Gasteiger partial charge on any atom is -0.462 e. The molecule has 0 atom stereocenters. The molecule has 0 aliphatic carbocycles. The van der Waals surface area contributed by atoms with Gasteiger partial charge in [-0.15, -0.1) is 0 Å². The van der Waals surface area contributed by atoms with E-state index in [2.05, 4.69) is 44.5 Å². The van der Waals surface area contributed by atoms with E-state index in [-0.39, 0.29) is 5.60 Å². The first-order valence-corrected chi connectivity index (χ1v) is 10.6. The molecule has 0 aromatic heterocycles. The van der Waals surface area contributed by atoms with Crippen LogP contribution in [-0.4, -0.2) is 38.3 Å². The summed E-state index contributed by atoms with van der Waals surface area (Å²) in [5.74, 6) is 0. The Morgan fingerprint density at radius 3 is 2.47 bits per heavy atom. The van der Waals surface area contributed by atoms with Gasteiger partial charge in [-0.2, -0.15) is 0 Å². The third-order valence-electron chi connectivity index (χ3n) is 4.59. The highest BCUT2D eigenvalue weighted by atomic mass is 35.5. The topological polar surface area (TPSA) is 79.6 Å². The van der Waals surface area contributed by atoms with Crippen molar-refractivity contribution in [1.82, 2.24) is 5.32 Å². The van der Waals surface area contributed by atoms with Crippen molar-refractivity contribution in [2.45, 2.75) is 39.5 Å². The number of nitrogens with two attached hydrogens (primary N) is 1. The van der Waals surface area contributed by atoms with Gasteiger partial charge in [0.25, 0.3) is 6.47 Å². The second-order valence-corrected chi connectivity index (χ2v) is 8.49. The number of benzene rings is 2. The quantitative estimate of drug-likeness (QED) is 0.603. The summed E-state index contributed by atoms with van der Waals surface area (Å²) in [6, 6.07) is 14.3. The highest BCUT2D eigenvalue weighted by Gasteiger charge is 2.15. The fourth-order valence-corrected chi connectivity index (χ4v) is 3.36. The lowest BCUT2D eigenvalue weighted by Crippen LogP contribution is -2.44. The lowest BCUT2D eigenvalue weighted by Gasteiger charge is -2.32. The molecule has 0 spiro atoms. The molecule has 30 heavy (non-hydrogen) atoms. The number of hydrogen-bond donors (Lipinski definition) is 3. The Morgan fingerprint density at radius 2 is 1.90 bits per heavy atom. The number of hydrogen-bond acceptors (Lipinski definition) is 6. The van der Waals surface area contributed by atoms with Crippen LogP contribution in [0.25, 0.3) is 0 Å². The number of nitrogens with zero attached hydrogens (tertiary/aromatic N) is 1. The number of rotatable bonds is 6. The molecule has 3 rings (SSSR count). The minimum absolute atomic E-state index is 0.318. The highest BCUT2D eigenvalue weighted by molar-refractivity contribution is 6.30. The predicted octanol–water partition coefficient (Wildman–Crippen LogP) is 3.78. The first-order valence-electron chi connectivity index (χ1n) is 10.2. The molecule has 1 heterocycles. The Kier molecular flexibility index (Phi) is 9.43. The second-order valence-electron chi connectivity index (χ2n) is 8.05. The van der Waals surface area contributed by atoms with Gasteiger partial charge in [-0.1, -0.05) is 29.8 Å². The van der Waals surface area contributed by atoms with E-state index >= 15 is 0 Å². The fourth-order valence-electron chi connectivity index (χ4n) is 3.15. The van der Waals surface area contributed by atoms with Crippen molar-refractivity contribution in [3.63, 3.8) is 0 Å². The largest absolute Gasteiger partial charge is 0.462 e. The molecule has 4 N–H and O–H groups in total. The van der Waals surface area contributed by atoms with E-state index < -0.39 is 0 Å². The average molecular weight is 433 g/mol. The van der Waals surface area contributed by atoms with Crippen LogP contribution in [0.15, 0.2) is 42.5 Å².